The van der Waals surface area contributed by atoms with Gasteiger partial charge in [-0.2, -0.15) is 9.97 Å². The Labute approximate surface area is 273 Å². The number of carbonyl (C=O) groups excluding carboxylic acids is 1. The number of hydrogen-bond donors (Lipinski definition) is 0. The summed E-state index contributed by atoms with van der Waals surface area (Å²) in [5, 5.41) is 2.52. The van der Waals surface area contributed by atoms with Gasteiger partial charge < -0.3 is 24.3 Å². The number of aromatic nitrogens is 2. The molecule has 1 amide bonds. The van der Waals surface area contributed by atoms with E-state index in [1.54, 1.807) is 4.90 Å². The van der Waals surface area contributed by atoms with Crippen molar-refractivity contribution in [3.8, 4) is 6.01 Å². The summed E-state index contributed by atoms with van der Waals surface area (Å²) in [5.41, 5.74) is 4.59. The quantitative estimate of drug-likeness (QED) is 0.218. The lowest BCUT2D eigenvalue weighted by atomic mass is 9.79. The van der Waals surface area contributed by atoms with E-state index in [1.165, 1.54) is 47.4 Å². The van der Waals surface area contributed by atoms with E-state index >= 15 is 0 Å². The van der Waals surface area contributed by atoms with Crippen LogP contribution in [0.15, 0.2) is 49.1 Å². The Kier molecular flexibility index (Phi) is 9.46. The van der Waals surface area contributed by atoms with Crippen LogP contribution in [0.1, 0.15) is 49.9 Å². The van der Waals surface area contributed by atoms with E-state index in [2.05, 4.69) is 90.3 Å². The van der Waals surface area contributed by atoms with Gasteiger partial charge in [-0.05, 0) is 76.1 Å². The number of aryl methyl sites for hydroxylation is 1. The zero-order chi connectivity index (χ0) is 32.4. The number of amides is 1. The van der Waals surface area contributed by atoms with E-state index in [9.17, 15) is 4.79 Å². The van der Waals surface area contributed by atoms with Crippen LogP contribution in [0.25, 0.3) is 15.6 Å². The minimum Gasteiger partial charge on any atom is -0.462 e. The predicted octanol–water partition coefficient (Wildman–Crippen LogP) is 5.51. The molecule has 0 radical (unpaired) electrons. The van der Waals surface area contributed by atoms with Crippen LogP contribution >= 0.6 is 0 Å². The first kappa shape index (κ1) is 31.8. The van der Waals surface area contributed by atoms with E-state index in [-0.39, 0.29) is 24.5 Å². The van der Waals surface area contributed by atoms with Crippen LogP contribution in [-0.4, -0.2) is 90.2 Å². The second-order valence-corrected chi connectivity index (χ2v) is 13.3. The molecule has 1 aliphatic carbocycles. The van der Waals surface area contributed by atoms with E-state index < -0.39 is 0 Å². The van der Waals surface area contributed by atoms with Crippen LogP contribution in [0.3, 0.4) is 0 Å². The summed E-state index contributed by atoms with van der Waals surface area (Å²) in [4.78, 5) is 35.3. The van der Waals surface area contributed by atoms with Crippen molar-refractivity contribution in [1.29, 1.82) is 0 Å². The number of fused-ring (bicyclic) bond motifs is 2. The average molecular weight is 622 g/mol. The summed E-state index contributed by atoms with van der Waals surface area (Å²) < 4.78 is 6.41. The molecular weight excluding hydrogens is 574 g/mol. The van der Waals surface area contributed by atoms with E-state index in [0.29, 0.717) is 44.8 Å². The Hall–Kier alpha value is -4.16. The third-order valence-corrected chi connectivity index (χ3v) is 10.6. The first-order valence-electron chi connectivity index (χ1n) is 16.8. The van der Waals surface area contributed by atoms with Gasteiger partial charge in [0.15, 0.2) is 0 Å². The number of rotatable bonds is 10. The maximum Gasteiger partial charge on any atom is 0.318 e. The van der Waals surface area contributed by atoms with Gasteiger partial charge in [0, 0.05) is 54.9 Å². The fourth-order valence-electron chi connectivity index (χ4n) is 7.37. The zero-order valence-corrected chi connectivity index (χ0v) is 27.8. The first-order chi connectivity index (χ1) is 22.3. The number of nitrogens with zero attached hydrogens (tertiary/aromatic N) is 7. The Bertz CT molecular complexity index is 1620. The van der Waals surface area contributed by atoms with Crippen LogP contribution in [-0.2, 0) is 17.8 Å². The van der Waals surface area contributed by atoms with Gasteiger partial charge in [-0.3, -0.25) is 9.69 Å². The summed E-state index contributed by atoms with van der Waals surface area (Å²) in [7, 11) is 2.20. The van der Waals surface area contributed by atoms with Crippen LogP contribution in [0.2, 0.25) is 0 Å². The van der Waals surface area contributed by atoms with Gasteiger partial charge in [0.1, 0.15) is 18.5 Å². The molecule has 1 aromatic heterocycles. The summed E-state index contributed by atoms with van der Waals surface area (Å²) in [5.74, 6) is 1.51. The highest BCUT2D eigenvalue weighted by molar-refractivity contribution is 5.97. The van der Waals surface area contributed by atoms with Crippen molar-refractivity contribution < 1.29 is 9.53 Å². The van der Waals surface area contributed by atoms with E-state index in [1.807, 2.05) is 0 Å². The monoisotopic (exact) mass is 621 g/mol. The van der Waals surface area contributed by atoms with Gasteiger partial charge in [-0.15, -0.1) is 0 Å². The highest BCUT2D eigenvalue weighted by Crippen LogP contribution is 2.36. The number of hydrogen-bond acceptors (Lipinski definition) is 7. The van der Waals surface area contributed by atoms with Gasteiger partial charge in [-0.1, -0.05) is 43.3 Å². The molecule has 2 aliphatic heterocycles. The molecule has 2 aromatic carbocycles. The highest BCUT2D eigenvalue weighted by atomic mass is 16.5. The summed E-state index contributed by atoms with van der Waals surface area (Å²) in [6, 6.07) is 13.9. The van der Waals surface area contributed by atoms with Crippen LogP contribution < -0.4 is 14.5 Å². The molecule has 1 saturated carbocycles. The molecule has 46 heavy (non-hydrogen) atoms. The molecule has 0 unspecified atom stereocenters. The molecular formula is C37H47N7O2. The lowest BCUT2D eigenvalue weighted by molar-refractivity contribution is -0.128. The Balaban J connectivity index is 1.30. The third kappa shape index (κ3) is 6.28. The molecule has 0 bridgehead atoms. The Morgan fingerprint density at radius 3 is 2.65 bits per heavy atom. The molecule has 0 spiro atoms. The molecule has 3 aromatic rings. The first-order valence-corrected chi connectivity index (χ1v) is 16.8. The number of carbonyl (C=O) groups is 1. The normalized spacial score (nSPS) is 19.7. The van der Waals surface area contributed by atoms with Crippen molar-refractivity contribution in [2.45, 2.75) is 71.1 Å². The molecule has 9 nitrogen and oxygen atoms in total. The summed E-state index contributed by atoms with van der Waals surface area (Å²) in [6.45, 7) is 21.9. The van der Waals surface area contributed by atoms with Gasteiger partial charge in [-0.25, -0.2) is 6.57 Å². The van der Waals surface area contributed by atoms with Gasteiger partial charge in [0.05, 0.1) is 12.2 Å². The average Bonchev–Trinajstić information content (AvgIpc) is 3.05. The fraction of sp³-hybridized carbons (Fsp3) is 0.514. The van der Waals surface area contributed by atoms with Crippen molar-refractivity contribution >= 4 is 28.2 Å². The lowest BCUT2D eigenvalue weighted by Gasteiger charge is -2.41. The highest BCUT2D eigenvalue weighted by Gasteiger charge is 2.35. The number of likely N-dealkylation sites (N-methyl/N-ethyl adjacent to an activating group) is 1. The molecule has 3 atom stereocenters. The second kappa shape index (κ2) is 13.7. The number of ether oxygens (including phenoxy) is 1. The maximum absolute atomic E-state index is 12.6. The van der Waals surface area contributed by atoms with Crippen molar-refractivity contribution in [1.82, 2.24) is 19.8 Å². The molecule has 2 fully saturated rings. The topological polar surface area (TPSA) is 69.4 Å². The molecule has 3 aliphatic rings. The standard InChI is InChI=1S/C37H47N7O2/c1-7-34(45)44-20-19-43(22-30(44)21-38-5)36-31-17-18-42(33-16-10-15-29-14-8-11-25(2)35(29)33)23-32(31)39-37(40-36)46-24-26(3)41(6)27(4)28-12-9-13-28/h7-8,10-11,14-16,26-28,30H,1,9,12-13,17-24H2,2-4,6H3/t26-,27-,30-/m0/s1. The summed E-state index contributed by atoms with van der Waals surface area (Å²) in [6.07, 6.45) is 6.09. The smallest absolute Gasteiger partial charge is 0.318 e. The molecule has 6 rings (SSSR count). The Morgan fingerprint density at radius 2 is 1.93 bits per heavy atom. The third-order valence-electron chi connectivity index (χ3n) is 10.6. The number of benzene rings is 2. The van der Waals surface area contributed by atoms with Crippen molar-refractivity contribution in [2.75, 3.05) is 56.2 Å². The predicted molar refractivity (Wildman–Crippen MR) is 184 cm³/mol. The van der Waals surface area contributed by atoms with Crippen molar-refractivity contribution in [3.05, 3.63) is 77.3 Å². The van der Waals surface area contributed by atoms with Gasteiger partial charge in [0.2, 0.25) is 12.5 Å². The number of piperazine rings is 1. The lowest BCUT2D eigenvalue weighted by Crippen LogP contribution is -2.56. The van der Waals surface area contributed by atoms with Crippen molar-refractivity contribution in [2.24, 2.45) is 5.92 Å². The molecule has 1 saturated heterocycles. The number of anilines is 2. The molecule has 242 valence electrons. The maximum atomic E-state index is 12.6. The largest absolute Gasteiger partial charge is 0.462 e. The van der Waals surface area contributed by atoms with Gasteiger partial charge >= 0.3 is 6.01 Å². The SMILES string of the molecule is [C-]#[N+]C[C@H]1CN(c2nc(OC[C@H](C)N(C)[C@@H](C)C3CCC3)nc3c2CCN(c2cccc4cccc(C)c24)C3)CCN1C(=O)C=C. The van der Waals surface area contributed by atoms with Crippen LogP contribution in [0.4, 0.5) is 11.5 Å². The van der Waals surface area contributed by atoms with E-state index in [0.717, 1.165) is 36.0 Å². The van der Waals surface area contributed by atoms with E-state index in [4.69, 9.17) is 21.3 Å². The molecule has 3 heterocycles. The second-order valence-electron chi connectivity index (χ2n) is 13.3. The minimum absolute atomic E-state index is 0.128. The zero-order valence-electron chi connectivity index (χ0n) is 27.8. The molecule has 0 N–H and O–H groups in total. The molecule has 9 heteroatoms. The van der Waals surface area contributed by atoms with Crippen LogP contribution in [0, 0.1) is 19.4 Å². The van der Waals surface area contributed by atoms with Gasteiger partial charge in [0.25, 0.3) is 0 Å². The minimum atomic E-state index is -0.229. The summed E-state index contributed by atoms with van der Waals surface area (Å²) >= 11 is 0. The fourth-order valence-corrected chi connectivity index (χ4v) is 7.37. The van der Waals surface area contributed by atoms with Crippen molar-refractivity contribution in [3.63, 3.8) is 0 Å². The van der Waals surface area contributed by atoms with Crippen LogP contribution in [0.5, 0.6) is 6.01 Å². The Morgan fingerprint density at radius 1 is 1.15 bits per heavy atom.